The molecule has 1 fully saturated rings. The Morgan fingerprint density at radius 1 is 1.22 bits per heavy atom. The molecule has 0 unspecified atom stereocenters. The van der Waals surface area contributed by atoms with E-state index in [0.29, 0.717) is 30.3 Å². The second-order valence-corrected chi connectivity index (χ2v) is 6.85. The van der Waals surface area contributed by atoms with Crippen LogP contribution >= 0.6 is 0 Å². The number of aromatic nitrogens is 3. The van der Waals surface area contributed by atoms with Gasteiger partial charge in [-0.05, 0) is 43.5 Å². The summed E-state index contributed by atoms with van der Waals surface area (Å²) in [4.78, 5) is 34.7. The Labute approximate surface area is 156 Å². The summed E-state index contributed by atoms with van der Waals surface area (Å²) in [5, 5.41) is 9.05. The fourth-order valence-electron chi connectivity index (χ4n) is 3.74. The molecule has 0 saturated carbocycles. The number of hydrogen-bond acceptors (Lipinski definition) is 4. The van der Waals surface area contributed by atoms with Crippen molar-refractivity contribution in [3.8, 4) is 0 Å². The zero-order chi connectivity index (χ0) is 19.0. The first-order valence-electron chi connectivity index (χ1n) is 8.97. The van der Waals surface area contributed by atoms with Crippen LogP contribution in [0.2, 0.25) is 0 Å². The number of carboxylic acids is 1. The predicted molar refractivity (Wildman–Crippen MR) is 99.0 cm³/mol. The topological polar surface area (TPSA) is 87.8 Å². The molecule has 1 atom stereocenters. The van der Waals surface area contributed by atoms with Crippen molar-refractivity contribution in [3.63, 3.8) is 0 Å². The highest BCUT2D eigenvalue weighted by Crippen LogP contribution is 2.28. The standard InChI is InChI=1S/C20H20N4O3/c1-13-17(24-11-3-9-21-20(24)22-13)18(25)23-10-2-4-16(12-23)14-5-7-15(8-6-14)19(26)27/h3,5-9,11,16H,2,4,10,12H2,1H3,(H,26,27)/t16-/m1/s1. The van der Waals surface area contributed by atoms with E-state index in [4.69, 9.17) is 5.11 Å². The first-order chi connectivity index (χ1) is 13.0. The fourth-order valence-corrected chi connectivity index (χ4v) is 3.74. The summed E-state index contributed by atoms with van der Waals surface area (Å²) >= 11 is 0. The Balaban J connectivity index is 1.58. The highest BCUT2D eigenvalue weighted by molar-refractivity contribution is 5.94. The molecule has 1 aromatic carbocycles. The van der Waals surface area contributed by atoms with Gasteiger partial charge in [-0.3, -0.25) is 9.20 Å². The van der Waals surface area contributed by atoms with Gasteiger partial charge < -0.3 is 10.0 Å². The van der Waals surface area contributed by atoms with Gasteiger partial charge in [-0.2, -0.15) is 0 Å². The maximum absolute atomic E-state index is 13.2. The van der Waals surface area contributed by atoms with Crippen LogP contribution in [0.1, 0.15) is 50.9 Å². The average molecular weight is 364 g/mol. The van der Waals surface area contributed by atoms with Crippen LogP contribution in [0, 0.1) is 6.92 Å². The highest BCUT2D eigenvalue weighted by atomic mass is 16.4. The third kappa shape index (κ3) is 3.16. The zero-order valence-electron chi connectivity index (χ0n) is 15.0. The summed E-state index contributed by atoms with van der Waals surface area (Å²) in [7, 11) is 0. The lowest BCUT2D eigenvalue weighted by molar-refractivity contribution is 0.0691. The number of carbonyl (C=O) groups excluding carboxylic acids is 1. The fraction of sp³-hybridized carbons (Fsp3) is 0.300. The number of amides is 1. The average Bonchev–Trinajstić information content (AvgIpc) is 3.03. The minimum atomic E-state index is -0.932. The lowest BCUT2D eigenvalue weighted by Gasteiger charge is -2.33. The second kappa shape index (κ2) is 6.83. The smallest absolute Gasteiger partial charge is 0.335 e. The molecule has 2 aromatic heterocycles. The Bertz CT molecular complexity index is 1010. The van der Waals surface area contributed by atoms with Gasteiger partial charge in [0.2, 0.25) is 5.78 Å². The molecule has 1 aliphatic rings. The van der Waals surface area contributed by atoms with Crippen LogP contribution in [-0.4, -0.2) is 49.3 Å². The van der Waals surface area contributed by atoms with Crippen LogP contribution < -0.4 is 0 Å². The molecule has 7 nitrogen and oxygen atoms in total. The molecule has 1 N–H and O–H groups in total. The number of aryl methyl sites for hydroxylation is 1. The minimum Gasteiger partial charge on any atom is -0.478 e. The van der Waals surface area contributed by atoms with Gasteiger partial charge in [-0.25, -0.2) is 14.8 Å². The normalized spacial score (nSPS) is 17.2. The summed E-state index contributed by atoms with van der Waals surface area (Å²) < 4.78 is 1.74. The molecule has 0 spiro atoms. The third-order valence-corrected chi connectivity index (χ3v) is 5.12. The second-order valence-electron chi connectivity index (χ2n) is 6.85. The lowest BCUT2D eigenvalue weighted by atomic mass is 9.90. The first kappa shape index (κ1) is 17.2. The Hall–Kier alpha value is -3.22. The van der Waals surface area contributed by atoms with E-state index < -0.39 is 5.97 Å². The number of rotatable bonds is 3. The summed E-state index contributed by atoms with van der Waals surface area (Å²) in [5.41, 5.74) is 2.57. The van der Waals surface area contributed by atoms with Crippen molar-refractivity contribution in [2.45, 2.75) is 25.7 Å². The van der Waals surface area contributed by atoms with Crippen LogP contribution in [0.3, 0.4) is 0 Å². The molecule has 3 aromatic rings. The van der Waals surface area contributed by atoms with Crippen molar-refractivity contribution in [1.82, 2.24) is 19.3 Å². The van der Waals surface area contributed by atoms with Gasteiger partial charge in [-0.15, -0.1) is 0 Å². The molecule has 0 radical (unpaired) electrons. The van der Waals surface area contributed by atoms with Crippen LogP contribution in [0.4, 0.5) is 0 Å². The number of aromatic carboxylic acids is 1. The number of nitrogens with zero attached hydrogens (tertiary/aromatic N) is 4. The third-order valence-electron chi connectivity index (χ3n) is 5.12. The quantitative estimate of drug-likeness (QED) is 0.772. The van der Waals surface area contributed by atoms with Crippen molar-refractivity contribution < 1.29 is 14.7 Å². The summed E-state index contributed by atoms with van der Waals surface area (Å²) in [5.74, 6) is -0.252. The van der Waals surface area contributed by atoms with E-state index >= 15 is 0 Å². The van der Waals surface area contributed by atoms with Crippen LogP contribution in [0.15, 0.2) is 42.7 Å². The monoisotopic (exact) mass is 364 g/mol. The predicted octanol–water partition coefficient (Wildman–Crippen LogP) is 2.76. The number of likely N-dealkylation sites (tertiary alicyclic amines) is 1. The summed E-state index contributed by atoms with van der Waals surface area (Å²) in [6.07, 6.45) is 5.35. The largest absolute Gasteiger partial charge is 0.478 e. The molecule has 4 rings (SSSR count). The van der Waals surface area contributed by atoms with Gasteiger partial charge in [0.15, 0.2) is 0 Å². The SMILES string of the molecule is Cc1nc2ncccn2c1C(=O)N1CCC[C@@H](c2ccc(C(=O)O)cc2)C1. The van der Waals surface area contributed by atoms with Gasteiger partial charge >= 0.3 is 5.97 Å². The van der Waals surface area contributed by atoms with Gasteiger partial charge in [0, 0.05) is 31.4 Å². The number of carbonyl (C=O) groups is 2. The van der Waals surface area contributed by atoms with Crippen molar-refractivity contribution in [1.29, 1.82) is 0 Å². The van der Waals surface area contributed by atoms with Gasteiger partial charge in [0.25, 0.3) is 5.91 Å². The van der Waals surface area contributed by atoms with E-state index in [-0.39, 0.29) is 17.4 Å². The molecular formula is C20H20N4O3. The summed E-state index contributed by atoms with van der Waals surface area (Å²) in [6, 6.07) is 8.74. The van der Waals surface area contributed by atoms with Crippen molar-refractivity contribution >= 4 is 17.7 Å². The van der Waals surface area contributed by atoms with Crippen molar-refractivity contribution in [3.05, 3.63) is 65.2 Å². The number of carboxylic acid groups (broad SMARTS) is 1. The van der Waals surface area contributed by atoms with Crippen LogP contribution in [-0.2, 0) is 0 Å². The molecule has 1 saturated heterocycles. The number of imidazole rings is 1. The highest BCUT2D eigenvalue weighted by Gasteiger charge is 2.28. The molecule has 1 amide bonds. The van der Waals surface area contributed by atoms with Crippen LogP contribution in [0.5, 0.6) is 0 Å². The zero-order valence-corrected chi connectivity index (χ0v) is 15.0. The Morgan fingerprint density at radius 2 is 2.00 bits per heavy atom. The van der Waals surface area contributed by atoms with Crippen molar-refractivity contribution in [2.75, 3.05) is 13.1 Å². The molecular weight excluding hydrogens is 344 g/mol. The maximum Gasteiger partial charge on any atom is 0.335 e. The minimum absolute atomic E-state index is 0.0418. The van der Waals surface area contributed by atoms with E-state index in [9.17, 15) is 9.59 Å². The van der Waals surface area contributed by atoms with Gasteiger partial charge in [-0.1, -0.05) is 12.1 Å². The molecule has 1 aliphatic heterocycles. The maximum atomic E-state index is 13.2. The number of piperidine rings is 1. The first-order valence-corrected chi connectivity index (χ1v) is 8.97. The Kier molecular flexibility index (Phi) is 4.35. The molecule has 7 heteroatoms. The van der Waals surface area contributed by atoms with Crippen molar-refractivity contribution in [2.24, 2.45) is 0 Å². The van der Waals surface area contributed by atoms with E-state index in [1.54, 1.807) is 28.8 Å². The van der Waals surface area contributed by atoms with Crippen LogP contribution in [0.25, 0.3) is 5.78 Å². The number of benzene rings is 1. The number of hydrogen-bond donors (Lipinski definition) is 1. The molecule has 0 aliphatic carbocycles. The van der Waals surface area contributed by atoms with E-state index in [0.717, 1.165) is 18.4 Å². The van der Waals surface area contributed by atoms with E-state index in [1.807, 2.05) is 30.2 Å². The lowest BCUT2D eigenvalue weighted by Crippen LogP contribution is -2.39. The van der Waals surface area contributed by atoms with E-state index in [1.165, 1.54) is 0 Å². The van der Waals surface area contributed by atoms with Gasteiger partial charge in [0.05, 0.1) is 11.3 Å². The molecule has 3 heterocycles. The van der Waals surface area contributed by atoms with E-state index in [2.05, 4.69) is 9.97 Å². The van der Waals surface area contributed by atoms with Gasteiger partial charge in [0.1, 0.15) is 5.69 Å². The molecule has 138 valence electrons. The number of fused-ring (bicyclic) bond motifs is 1. The summed E-state index contributed by atoms with van der Waals surface area (Å²) in [6.45, 7) is 3.14. The molecule has 0 bridgehead atoms. The Morgan fingerprint density at radius 3 is 2.74 bits per heavy atom. The molecule has 27 heavy (non-hydrogen) atoms.